The molecule has 2 heterocycles. The molecule has 0 unspecified atom stereocenters. The van der Waals surface area contributed by atoms with E-state index in [1.165, 1.54) is 6.33 Å². The van der Waals surface area contributed by atoms with Crippen molar-refractivity contribution in [3.8, 4) is 0 Å². The summed E-state index contributed by atoms with van der Waals surface area (Å²) in [5.41, 5.74) is 0.894. The van der Waals surface area contributed by atoms with Gasteiger partial charge in [0, 0.05) is 17.8 Å². The normalized spacial score (nSPS) is 8.36. The molecular weight excluding hydrogens is 160 g/mol. The van der Waals surface area contributed by atoms with E-state index >= 15 is 0 Å². The van der Waals surface area contributed by atoms with E-state index in [1.807, 2.05) is 12.3 Å². The van der Waals surface area contributed by atoms with Gasteiger partial charge in [0.05, 0.1) is 0 Å². The van der Waals surface area contributed by atoms with Crippen molar-refractivity contribution in [2.75, 3.05) is 0 Å². The summed E-state index contributed by atoms with van der Waals surface area (Å²) in [7, 11) is 0. The smallest absolute Gasteiger partial charge is 1.00 e. The van der Waals surface area contributed by atoms with E-state index < -0.39 is 0 Å². The van der Waals surface area contributed by atoms with Gasteiger partial charge < -0.3 is 7.84 Å². The van der Waals surface area contributed by atoms with Crippen LogP contribution in [-0.4, -0.2) is 15.0 Å². The molecule has 3 nitrogen and oxygen atoms in total. The Labute approximate surface area is 112 Å². The third-order valence-corrected chi connectivity index (χ3v) is 1.22. The molecule has 2 aromatic heterocycles. The summed E-state index contributed by atoms with van der Waals surface area (Å²) in [4.78, 5) is 10.8. The molecule has 0 saturated carbocycles. The number of hydrogen-bond donors (Lipinski definition) is 1. The summed E-state index contributed by atoms with van der Waals surface area (Å²) < 4.78 is 0. The quantitative estimate of drug-likeness (QED) is 0.400. The van der Waals surface area contributed by atoms with Crippen LogP contribution in [0.5, 0.6) is 0 Å². The number of nitrogens with one attached hydrogen (secondary N) is 1. The molecule has 2 aromatic rings. The van der Waals surface area contributed by atoms with Crippen molar-refractivity contribution in [3.63, 3.8) is 0 Å². The number of aromatic amines is 1. The Kier molecular flexibility index (Phi) is 5.60. The molecule has 0 spiro atoms. The summed E-state index contributed by atoms with van der Waals surface area (Å²) in [6.07, 6.45) is 5.15. The Hall–Kier alpha value is 0.620. The van der Waals surface area contributed by atoms with Crippen LogP contribution in [0.3, 0.4) is 0 Å². The number of rotatable bonds is 0. The molecule has 1 N–H and O–H groups in total. The number of aromatic nitrogens is 3. The van der Waals surface area contributed by atoms with Crippen LogP contribution in [0.1, 0.15) is 2.85 Å². The maximum atomic E-state index is 3.97. The molecule has 48 valence electrons. The van der Waals surface area contributed by atoms with Crippen molar-refractivity contribution in [1.82, 2.24) is 15.0 Å². The monoisotopic (exact) mass is 167 g/mol. The molecule has 0 aliphatic rings. The van der Waals surface area contributed by atoms with E-state index in [1.54, 1.807) is 6.20 Å². The Morgan fingerprint density at radius 1 is 1.36 bits per heavy atom. The number of hydrogen-bond acceptors (Lipinski definition) is 2. The van der Waals surface area contributed by atoms with Crippen LogP contribution < -0.4 is 59.1 Å². The van der Waals surface area contributed by atoms with Crippen LogP contribution in [0, 0.1) is 0 Å². The first-order valence-electron chi connectivity index (χ1n) is 2.70. The van der Waals surface area contributed by atoms with Crippen molar-refractivity contribution < 1.29 is 62.0 Å². The minimum atomic E-state index is 0. The van der Waals surface area contributed by atoms with Crippen LogP contribution in [0.15, 0.2) is 24.8 Å². The van der Waals surface area contributed by atoms with Gasteiger partial charge in [-0.25, -0.2) is 9.97 Å². The standard InChI is InChI=1S/C6H5N3.2Na.2H/c1-2-8-6-5(1)3-7-4-9-6;;;;/h1-4H,(H,7,8,9);;;;/q;2*+1;2*-1. The Morgan fingerprint density at radius 2 is 2.18 bits per heavy atom. The summed E-state index contributed by atoms with van der Waals surface area (Å²) in [6.45, 7) is 0. The van der Waals surface area contributed by atoms with Gasteiger partial charge in [0.25, 0.3) is 0 Å². The van der Waals surface area contributed by atoms with Crippen molar-refractivity contribution in [2.45, 2.75) is 0 Å². The average molecular weight is 167 g/mol. The third kappa shape index (κ3) is 2.54. The molecule has 0 aromatic carbocycles. The van der Waals surface area contributed by atoms with Crippen LogP contribution in [0.4, 0.5) is 0 Å². The number of nitrogens with zero attached hydrogens (tertiary/aromatic N) is 2. The molecule has 0 fully saturated rings. The molecule has 2 rings (SSSR count). The van der Waals surface area contributed by atoms with Gasteiger partial charge in [-0.05, 0) is 6.07 Å². The largest absolute Gasteiger partial charge is 1.00 e. The van der Waals surface area contributed by atoms with E-state index in [0.717, 1.165) is 11.0 Å². The molecular formula is C6H7N3Na2. The molecule has 0 radical (unpaired) electrons. The van der Waals surface area contributed by atoms with Gasteiger partial charge in [0.2, 0.25) is 0 Å². The van der Waals surface area contributed by atoms with Gasteiger partial charge in [0.15, 0.2) is 0 Å². The molecule has 5 heteroatoms. The van der Waals surface area contributed by atoms with E-state index in [-0.39, 0.29) is 62.0 Å². The van der Waals surface area contributed by atoms with E-state index in [4.69, 9.17) is 0 Å². The molecule has 0 bridgehead atoms. The first-order chi connectivity index (χ1) is 4.47. The minimum Gasteiger partial charge on any atom is -1.00 e. The first kappa shape index (κ1) is 11.6. The number of fused-ring (bicyclic) bond motifs is 1. The fourth-order valence-electron chi connectivity index (χ4n) is 0.793. The summed E-state index contributed by atoms with van der Waals surface area (Å²) >= 11 is 0. The van der Waals surface area contributed by atoms with Crippen LogP contribution in [-0.2, 0) is 0 Å². The summed E-state index contributed by atoms with van der Waals surface area (Å²) in [5.74, 6) is 0. The van der Waals surface area contributed by atoms with E-state index in [9.17, 15) is 0 Å². The zero-order valence-corrected chi connectivity index (χ0v) is 10.7. The predicted octanol–water partition coefficient (Wildman–Crippen LogP) is -4.81. The second kappa shape index (κ2) is 5.30. The first-order valence-corrected chi connectivity index (χ1v) is 2.70. The zero-order chi connectivity index (χ0) is 6.10. The fraction of sp³-hybridized carbons (Fsp3) is 0. The molecule has 0 atom stereocenters. The van der Waals surface area contributed by atoms with Gasteiger partial charge in [0.1, 0.15) is 12.0 Å². The van der Waals surface area contributed by atoms with E-state index in [2.05, 4.69) is 15.0 Å². The van der Waals surface area contributed by atoms with Crippen molar-refractivity contribution >= 4 is 11.0 Å². The number of H-pyrrole nitrogens is 1. The molecule has 11 heavy (non-hydrogen) atoms. The maximum Gasteiger partial charge on any atom is 1.00 e. The van der Waals surface area contributed by atoms with Gasteiger partial charge in [-0.2, -0.15) is 0 Å². The zero-order valence-electron chi connectivity index (χ0n) is 8.70. The van der Waals surface area contributed by atoms with Crippen molar-refractivity contribution in [3.05, 3.63) is 24.8 Å². The fourth-order valence-corrected chi connectivity index (χ4v) is 0.793. The van der Waals surface area contributed by atoms with Gasteiger partial charge >= 0.3 is 59.1 Å². The van der Waals surface area contributed by atoms with Crippen LogP contribution >= 0.6 is 0 Å². The topological polar surface area (TPSA) is 41.6 Å². The van der Waals surface area contributed by atoms with Gasteiger partial charge in [-0.15, -0.1) is 0 Å². The Morgan fingerprint density at radius 3 is 2.91 bits per heavy atom. The SMILES string of the molecule is [H-].[H-].[Na+].[Na+].c1ncc2cc[nH]c2n1. The minimum absolute atomic E-state index is 0. The average Bonchev–Trinajstić information content (AvgIpc) is 2.33. The Bertz CT molecular complexity index is 298. The van der Waals surface area contributed by atoms with E-state index in [0.29, 0.717) is 0 Å². The molecule has 0 saturated heterocycles. The Balaban J connectivity index is -0.000000250. The second-order valence-electron chi connectivity index (χ2n) is 1.80. The molecule has 0 amide bonds. The second-order valence-corrected chi connectivity index (χ2v) is 1.80. The summed E-state index contributed by atoms with van der Waals surface area (Å²) in [6, 6.07) is 1.94. The van der Waals surface area contributed by atoms with Crippen molar-refractivity contribution in [1.29, 1.82) is 0 Å². The van der Waals surface area contributed by atoms with Crippen LogP contribution in [0.2, 0.25) is 0 Å². The molecule has 0 aliphatic carbocycles. The summed E-state index contributed by atoms with van der Waals surface area (Å²) in [5, 5.41) is 1.05. The van der Waals surface area contributed by atoms with Gasteiger partial charge in [-0.3, -0.25) is 0 Å². The van der Waals surface area contributed by atoms with Crippen molar-refractivity contribution in [2.24, 2.45) is 0 Å². The maximum absolute atomic E-state index is 3.97. The van der Waals surface area contributed by atoms with Gasteiger partial charge in [-0.1, -0.05) is 0 Å². The predicted molar refractivity (Wildman–Crippen MR) is 36.1 cm³/mol. The molecule has 0 aliphatic heterocycles. The third-order valence-electron chi connectivity index (χ3n) is 1.22. The van der Waals surface area contributed by atoms with Crippen LogP contribution in [0.25, 0.3) is 11.0 Å².